The van der Waals surface area contributed by atoms with Crippen molar-refractivity contribution in [3.63, 3.8) is 0 Å². The van der Waals surface area contributed by atoms with Gasteiger partial charge in [0.1, 0.15) is 10.8 Å². The Kier molecular flexibility index (Phi) is 2.78. The molecule has 0 atom stereocenters. The smallest absolute Gasteiger partial charge is 0.169 e. The average Bonchev–Trinajstić information content (AvgIpc) is 2.65. The zero-order valence-corrected chi connectivity index (χ0v) is 8.83. The molecule has 4 heteroatoms. The van der Waals surface area contributed by atoms with Crippen LogP contribution in [0.3, 0.4) is 0 Å². The van der Waals surface area contributed by atoms with Gasteiger partial charge < -0.3 is 5.73 Å². The highest BCUT2D eigenvalue weighted by Gasteiger charge is 2.08. The monoisotopic (exact) mass is 218 g/mol. The zero-order valence-electron chi connectivity index (χ0n) is 8.01. The van der Waals surface area contributed by atoms with Crippen LogP contribution >= 0.6 is 11.3 Å². The van der Waals surface area contributed by atoms with Gasteiger partial charge in [0.15, 0.2) is 5.78 Å². The van der Waals surface area contributed by atoms with E-state index in [0.29, 0.717) is 17.8 Å². The van der Waals surface area contributed by atoms with E-state index in [-0.39, 0.29) is 5.78 Å². The second-order valence-electron chi connectivity index (χ2n) is 3.13. The van der Waals surface area contributed by atoms with Crippen LogP contribution in [0.15, 0.2) is 35.7 Å². The van der Waals surface area contributed by atoms with Crippen molar-refractivity contribution in [1.29, 1.82) is 0 Å². The van der Waals surface area contributed by atoms with Gasteiger partial charge in [-0.1, -0.05) is 30.3 Å². The first-order chi connectivity index (χ1) is 7.25. The number of carbonyl (C=O) groups excluding carboxylic acids is 1. The molecule has 0 spiro atoms. The molecular weight excluding hydrogens is 208 g/mol. The Morgan fingerprint density at radius 1 is 1.33 bits per heavy atom. The van der Waals surface area contributed by atoms with Gasteiger partial charge in [0.25, 0.3) is 0 Å². The van der Waals surface area contributed by atoms with Gasteiger partial charge in [-0.05, 0) is 0 Å². The molecule has 2 aromatic rings. The molecule has 0 aliphatic heterocycles. The maximum Gasteiger partial charge on any atom is 0.169 e. The summed E-state index contributed by atoms with van der Waals surface area (Å²) in [4.78, 5) is 15.8. The molecule has 0 aliphatic rings. The van der Waals surface area contributed by atoms with Crippen LogP contribution < -0.4 is 5.73 Å². The minimum absolute atomic E-state index is 0.0740. The maximum absolute atomic E-state index is 11.7. The number of rotatable bonds is 3. The van der Waals surface area contributed by atoms with Gasteiger partial charge in [0.2, 0.25) is 0 Å². The van der Waals surface area contributed by atoms with Crippen molar-refractivity contribution in [2.24, 2.45) is 0 Å². The number of hydrogen-bond donors (Lipinski definition) is 1. The number of anilines is 1. The molecule has 2 rings (SSSR count). The van der Waals surface area contributed by atoms with Gasteiger partial charge >= 0.3 is 0 Å². The van der Waals surface area contributed by atoms with Crippen molar-refractivity contribution in [2.75, 3.05) is 5.73 Å². The summed E-state index contributed by atoms with van der Waals surface area (Å²) in [5.74, 6) is 0.556. The van der Waals surface area contributed by atoms with Crippen LogP contribution in [0.1, 0.15) is 15.4 Å². The summed E-state index contributed by atoms with van der Waals surface area (Å²) in [5, 5.41) is 2.51. The third kappa shape index (κ3) is 2.41. The van der Waals surface area contributed by atoms with Gasteiger partial charge in [0.05, 0.1) is 6.42 Å². The second-order valence-corrected chi connectivity index (χ2v) is 4.07. The predicted molar refractivity (Wildman–Crippen MR) is 61.0 cm³/mol. The lowest BCUT2D eigenvalue weighted by molar-refractivity contribution is 0.0993. The highest BCUT2D eigenvalue weighted by molar-refractivity contribution is 7.10. The quantitative estimate of drug-likeness (QED) is 0.803. The van der Waals surface area contributed by atoms with E-state index in [1.165, 1.54) is 11.3 Å². The number of ketones is 1. The van der Waals surface area contributed by atoms with Gasteiger partial charge in [-0.2, -0.15) is 0 Å². The molecule has 3 nitrogen and oxygen atoms in total. The van der Waals surface area contributed by atoms with Crippen molar-refractivity contribution >= 4 is 22.9 Å². The van der Waals surface area contributed by atoms with Crippen LogP contribution in [-0.2, 0) is 6.42 Å². The van der Waals surface area contributed by atoms with Gasteiger partial charge in [0, 0.05) is 10.9 Å². The number of hydrogen-bond acceptors (Lipinski definition) is 4. The van der Waals surface area contributed by atoms with E-state index >= 15 is 0 Å². The summed E-state index contributed by atoms with van der Waals surface area (Å²) < 4.78 is 0. The van der Waals surface area contributed by atoms with Crippen LogP contribution in [0.2, 0.25) is 0 Å². The highest BCUT2D eigenvalue weighted by Crippen LogP contribution is 2.13. The SMILES string of the molecule is Nc1csc(CC(=O)c2ccccc2)n1. The maximum atomic E-state index is 11.7. The summed E-state index contributed by atoms with van der Waals surface area (Å²) in [5.41, 5.74) is 6.20. The summed E-state index contributed by atoms with van der Waals surface area (Å²) in [6.07, 6.45) is 0.325. The zero-order chi connectivity index (χ0) is 10.7. The Morgan fingerprint density at radius 3 is 2.67 bits per heavy atom. The first kappa shape index (κ1) is 9.86. The molecular formula is C11H10N2OS. The number of nitrogens with two attached hydrogens (primary N) is 1. The molecule has 0 fully saturated rings. The normalized spacial score (nSPS) is 10.1. The van der Waals surface area contributed by atoms with Crippen LogP contribution in [0.4, 0.5) is 5.82 Å². The number of benzene rings is 1. The predicted octanol–water partition coefficient (Wildman–Crippen LogP) is 2.15. The summed E-state index contributed by atoms with van der Waals surface area (Å²) in [7, 11) is 0. The molecule has 15 heavy (non-hydrogen) atoms. The Labute approximate surface area is 91.6 Å². The van der Waals surface area contributed by atoms with Crippen LogP contribution in [0, 0.1) is 0 Å². The summed E-state index contributed by atoms with van der Waals surface area (Å²) in [6.45, 7) is 0. The lowest BCUT2D eigenvalue weighted by Gasteiger charge is -1.97. The summed E-state index contributed by atoms with van der Waals surface area (Å²) >= 11 is 1.42. The Morgan fingerprint density at radius 2 is 2.07 bits per heavy atom. The first-order valence-corrected chi connectivity index (χ1v) is 5.42. The van der Waals surface area contributed by atoms with Gasteiger partial charge in [-0.15, -0.1) is 11.3 Å². The minimum Gasteiger partial charge on any atom is -0.383 e. The fourth-order valence-electron chi connectivity index (χ4n) is 1.27. The lowest BCUT2D eigenvalue weighted by Crippen LogP contribution is -2.02. The minimum atomic E-state index is 0.0740. The second kappa shape index (κ2) is 4.23. The molecule has 1 aromatic carbocycles. The fraction of sp³-hybridized carbons (Fsp3) is 0.0909. The molecule has 2 N–H and O–H groups in total. The molecule has 76 valence electrons. The molecule has 0 amide bonds. The van der Waals surface area contributed by atoms with Crippen molar-refractivity contribution in [2.45, 2.75) is 6.42 Å². The fourth-order valence-corrected chi connectivity index (χ4v) is 1.95. The molecule has 0 saturated carbocycles. The van der Waals surface area contributed by atoms with Crippen LogP contribution in [-0.4, -0.2) is 10.8 Å². The number of Topliss-reactive ketones (excluding diaryl/α,β-unsaturated/α-hetero) is 1. The molecule has 1 heterocycles. The van der Waals surface area contributed by atoms with E-state index in [4.69, 9.17) is 5.73 Å². The third-order valence-electron chi connectivity index (χ3n) is 1.98. The highest BCUT2D eigenvalue weighted by atomic mass is 32.1. The molecule has 1 aromatic heterocycles. The van der Waals surface area contributed by atoms with Gasteiger partial charge in [-0.25, -0.2) is 4.98 Å². The van der Waals surface area contributed by atoms with Crippen molar-refractivity contribution < 1.29 is 4.79 Å². The average molecular weight is 218 g/mol. The number of nitrogens with zero attached hydrogens (tertiary/aromatic N) is 1. The van der Waals surface area contributed by atoms with Crippen molar-refractivity contribution in [3.05, 3.63) is 46.3 Å². The number of nitrogen functional groups attached to an aromatic ring is 1. The lowest BCUT2D eigenvalue weighted by atomic mass is 10.1. The Balaban J connectivity index is 2.11. The van der Waals surface area contributed by atoms with E-state index in [1.807, 2.05) is 18.2 Å². The van der Waals surface area contributed by atoms with Crippen molar-refractivity contribution in [3.8, 4) is 0 Å². The molecule has 0 aliphatic carbocycles. The van der Waals surface area contributed by atoms with E-state index in [2.05, 4.69) is 4.98 Å². The molecule has 0 bridgehead atoms. The van der Waals surface area contributed by atoms with Crippen LogP contribution in [0.5, 0.6) is 0 Å². The van der Waals surface area contributed by atoms with Gasteiger partial charge in [-0.3, -0.25) is 4.79 Å². The molecule has 0 saturated heterocycles. The largest absolute Gasteiger partial charge is 0.383 e. The Hall–Kier alpha value is -1.68. The topological polar surface area (TPSA) is 56.0 Å². The standard InChI is InChI=1S/C11H10N2OS/c12-10-7-15-11(13-10)6-9(14)8-4-2-1-3-5-8/h1-5,7H,6,12H2. The number of thiazole rings is 1. The van der Waals surface area contributed by atoms with E-state index in [9.17, 15) is 4.79 Å². The number of aromatic nitrogens is 1. The first-order valence-electron chi connectivity index (χ1n) is 4.54. The molecule has 0 unspecified atom stereocenters. The van der Waals surface area contributed by atoms with E-state index < -0.39 is 0 Å². The third-order valence-corrected chi connectivity index (χ3v) is 2.84. The van der Waals surface area contributed by atoms with Crippen LogP contribution in [0.25, 0.3) is 0 Å². The van der Waals surface area contributed by atoms with E-state index in [0.717, 1.165) is 5.01 Å². The molecule has 0 radical (unpaired) electrons. The van der Waals surface area contributed by atoms with E-state index in [1.54, 1.807) is 17.5 Å². The van der Waals surface area contributed by atoms with Crippen molar-refractivity contribution in [1.82, 2.24) is 4.98 Å². The summed E-state index contributed by atoms with van der Waals surface area (Å²) in [6, 6.07) is 9.20. The number of carbonyl (C=O) groups is 1. The Bertz CT molecular complexity index is 464.